The standard InChI is InChI=1S/C10H16N2O2S3/c11-7-9-10(3-6-16-9)17(13,14)12-8-1-4-15-5-2-8/h3,6,8,12H,1-2,4-5,7,11H2. The molecule has 1 aromatic rings. The molecular weight excluding hydrogens is 276 g/mol. The van der Waals surface area contributed by atoms with Crippen molar-refractivity contribution in [3.8, 4) is 0 Å². The normalized spacial score (nSPS) is 18.4. The highest BCUT2D eigenvalue weighted by molar-refractivity contribution is 7.99. The maximum absolute atomic E-state index is 12.2. The second-order valence-corrected chi connectivity index (χ2v) is 7.83. The zero-order chi connectivity index (χ0) is 12.3. The van der Waals surface area contributed by atoms with Crippen LogP contribution >= 0.6 is 23.1 Å². The third-order valence-corrected chi connectivity index (χ3v) is 6.45. The van der Waals surface area contributed by atoms with Gasteiger partial charge in [0.1, 0.15) is 0 Å². The predicted molar refractivity (Wildman–Crippen MR) is 72.9 cm³/mol. The summed E-state index contributed by atoms with van der Waals surface area (Å²) in [5, 5.41) is 1.77. The fourth-order valence-electron chi connectivity index (χ4n) is 1.82. The first-order valence-corrected chi connectivity index (χ1v) is 9.02. The highest BCUT2D eigenvalue weighted by Crippen LogP contribution is 2.23. The zero-order valence-electron chi connectivity index (χ0n) is 9.39. The van der Waals surface area contributed by atoms with Gasteiger partial charge in [-0.1, -0.05) is 0 Å². The first kappa shape index (κ1) is 13.4. The van der Waals surface area contributed by atoms with Gasteiger partial charge in [-0.2, -0.15) is 11.8 Å². The Labute approximate surface area is 110 Å². The lowest BCUT2D eigenvalue weighted by Gasteiger charge is -2.22. The van der Waals surface area contributed by atoms with Crippen LogP contribution in [0.3, 0.4) is 0 Å². The van der Waals surface area contributed by atoms with E-state index in [0.29, 0.717) is 4.90 Å². The van der Waals surface area contributed by atoms with Gasteiger partial charge in [0.05, 0.1) is 4.90 Å². The molecule has 96 valence electrons. The smallest absolute Gasteiger partial charge is 0.241 e. The molecule has 1 aromatic heterocycles. The summed E-state index contributed by atoms with van der Waals surface area (Å²) in [7, 11) is -3.39. The number of hydrogen-bond acceptors (Lipinski definition) is 5. The minimum atomic E-state index is -3.39. The molecule has 17 heavy (non-hydrogen) atoms. The van der Waals surface area contributed by atoms with E-state index in [9.17, 15) is 8.42 Å². The summed E-state index contributed by atoms with van der Waals surface area (Å²) < 4.78 is 27.1. The molecule has 0 aromatic carbocycles. The number of thiophene rings is 1. The van der Waals surface area contributed by atoms with Crippen LogP contribution in [0.25, 0.3) is 0 Å². The topological polar surface area (TPSA) is 72.2 Å². The van der Waals surface area contributed by atoms with E-state index in [4.69, 9.17) is 5.73 Å². The third-order valence-electron chi connectivity index (χ3n) is 2.72. The number of sulfonamides is 1. The molecule has 0 unspecified atom stereocenters. The third kappa shape index (κ3) is 3.23. The quantitative estimate of drug-likeness (QED) is 0.879. The van der Waals surface area contributed by atoms with E-state index in [-0.39, 0.29) is 12.6 Å². The molecule has 0 saturated carbocycles. The summed E-state index contributed by atoms with van der Waals surface area (Å²) in [6, 6.07) is 1.71. The average Bonchev–Trinajstić information content (AvgIpc) is 2.78. The maximum atomic E-state index is 12.2. The van der Waals surface area contributed by atoms with Crippen molar-refractivity contribution in [2.45, 2.75) is 30.3 Å². The number of thioether (sulfide) groups is 1. The van der Waals surface area contributed by atoms with Gasteiger partial charge in [0.2, 0.25) is 10.0 Å². The van der Waals surface area contributed by atoms with Crippen molar-refractivity contribution in [3.05, 3.63) is 16.3 Å². The molecule has 4 nitrogen and oxygen atoms in total. The molecule has 1 fully saturated rings. The minimum absolute atomic E-state index is 0.0757. The Morgan fingerprint density at radius 2 is 2.12 bits per heavy atom. The fourth-order valence-corrected chi connectivity index (χ4v) is 5.56. The summed E-state index contributed by atoms with van der Waals surface area (Å²) in [6.07, 6.45) is 1.82. The lowest BCUT2D eigenvalue weighted by Crippen LogP contribution is -2.37. The van der Waals surface area contributed by atoms with Crippen molar-refractivity contribution >= 4 is 33.1 Å². The van der Waals surface area contributed by atoms with Gasteiger partial charge in [0.25, 0.3) is 0 Å². The van der Waals surface area contributed by atoms with Crippen LogP contribution in [0.2, 0.25) is 0 Å². The molecule has 0 bridgehead atoms. The van der Waals surface area contributed by atoms with Crippen molar-refractivity contribution < 1.29 is 8.42 Å². The monoisotopic (exact) mass is 292 g/mol. The van der Waals surface area contributed by atoms with Crippen LogP contribution in [0.15, 0.2) is 16.3 Å². The van der Waals surface area contributed by atoms with Gasteiger partial charge in [0.15, 0.2) is 0 Å². The second-order valence-electron chi connectivity index (χ2n) is 3.92. The molecule has 3 N–H and O–H groups in total. The minimum Gasteiger partial charge on any atom is -0.326 e. The second kappa shape index (κ2) is 5.71. The van der Waals surface area contributed by atoms with Crippen molar-refractivity contribution in [1.29, 1.82) is 0 Å². The molecule has 2 rings (SSSR count). The maximum Gasteiger partial charge on any atom is 0.241 e. The molecule has 7 heteroatoms. The molecule has 0 atom stereocenters. The van der Waals surface area contributed by atoms with Gasteiger partial charge in [0, 0.05) is 17.5 Å². The number of hydrogen-bond donors (Lipinski definition) is 2. The van der Waals surface area contributed by atoms with E-state index < -0.39 is 10.0 Å². The van der Waals surface area contributed by atoms with Crippen molar-refractivity contribution in [2.24, 2.45) is 5.73 Å². The van der Waals surface area contributed by atoms with Crippen LogP contribution < -0.4 is 10.5 Å². The van der Waals surface area contributed by atoms with Crippen LogP contribution in [0.4, 0.5) is 0 Å². The lowest BCUT2D eigenvalue weighted by molar-refractivity contribution is 0.528. The fraction of sp³-hybridized carbons (Fsp3) is 0.600. The van der Waals surface area contributed by atoms with E-state index in [1.54, 1.807) is 11.4 Å². The van der Waals surface area contributed by atoms with Crippen LogP contribution in [0.1, 0.15) is 17.7 Å². The van der Waals surface area contributed by atoms with Gasteiger partial charge in [-0.05, 0) is 35.8 Å². The Morgan fingerprint density at radius 1 is 1.41 bits per heavy atom. The summed E-state index contributed by atoms with van der Waals surface area (Å²) in [5.74, 6) is 2.06. The molecule has 0 aliphatic carbocycles. The lowest BCUT2D eigenvalue weighted by atomic mass is 10.2. The van der Waals surface area contributed by atoms with Crippen molar-refractivity contribution in [2.75, 3.05) is 11.5 Å². The number of rotatable bonds is 4. The Morgan fingerprint density at radius 3 is 2.76 bits per heavy atom. The van der Waals surface area contributed by atoms with E-state index in [1.165, 1.54) is 11.3 Å². The average molecular weight is 292 g/mol. The largest absolute Gasteiger partial charge is 0.326 e. The highest BCUT2D eigenvalue weighted by Gasteiger charge is 2.24. The number of nitrogens with two attached hydrogens (primary N) is 1. The molecule has 1 aliphatic heterocycles. The summed E-state index contributed by atoms with van der Waals surface area (Å²) in [6.45, 7) is 0.272. The van der Waals surface area contributed by atoms with Crippen LogP contribution in [0.5, 0.6) is 0 Å². The Bertz CT molecular complexity index is 464. The van der Waals surface area contributed by atoms with Gasteiger partial charge in [-0.3, -0.25) is 0 Å². The molecule has 2 heterocycles. The SMILES string of the molecule is NCc1sccc1S(=O)(=O)NC1CCSCC1. The molecule has 0 radical (unpaired) electrons. The van der Waals surface area contributed by atoms with Crippen LogP contribution in [0, 0.1) is 0 Å². The Balaban J connectivity index is 2.13. The molecule has 0 spiro atoms. The van der Waals surface area contributed by atoms with E-state index >= 15 is 0 Å². The van der Waals surface area contributed by atoms with E-state index in [1.807, 2.05) is 11.8 Å². The van der Waals surface area contributed by atoms with Crippen molar-refractivity contribution in [1.82, 2.24) is 4.72 Å². The Kier molecular flexibility index (Phi) is 4.48. The van der Waals surface area contributed by atoms with Gasteiger partial charge in [-0.25, -0.2) is 13.1 Å². The van der Waals surface area contributed by atoms with Crippen LogP contribution in [-0.4, -0.2) is 26.0 Å². The van der Waals surface area contributed by atoms with Gasteiger partial charge in [-0.15, -0.1) is 11.3 Å². The first-order chi connectivity index (χ1) is 8.13. The summed E-state index contributed by atoms with van der Waals surface area (Å²) in [5.41, 5.74) is 5.54. The molecule has 1 saturated heterocycles. The molecule has 1 aliphatic rings. The number of nitrogens with one attached hydrogen (secondary N) is 1. The van der Waals surface area contributed by atoms with E-state index in [2.05, 4.69) is 4.72 Å². The summed E-state index contributed by atoms with van der Waals surface area (Å²) >= 11 is 3.27. The first-order valence-electron chi connectivity index (χ1n) is 5.50. The molecule has 0 amide bonds. The predicted octanol–water partition coefficient (Wildman–Crippen LogP) is 1.38. The van der Waals surface area contributed by atoms with Crippen LogP contribution in [-0.2, 0) is 16.6 Å². The highest BCUT2D eigenvalue weighted by atomic mass is 32.2. The Hall–Kier alpha value is -0.0800. The van der Waals surface area contributed by atoms with Crippen molar-refractivity contribution in [3.63, 3.8) is 0 Å². The summed E-state index contributed by atoms with van der Waals surface area (Å²) in [4.78, 5) is 1.07. The van der Waals surface area contributed by atoms with Gasteiger partial charge < -0.3 is 5.73 Å². The van der Waals surface area contributed by atoms with Gasteiger partial charge >= 0.3 is 0 Å². The zero-order valence-corrected chi connectivity index (χ0v) is 11.8. The molecular formula is C10H16N2O2S3. The van der Waals surface area contributed by atoms with E-state index in [0.717, 1.165) is 29.2 Å².